The third kappa shape index (κ3) is 1.37. The number of para-hydroxylation sites is 1. The summed E-state index contributed by atoms with van der Waals surface area (Å²) in [7, 11) is -3.87. The van der Waals surface area contributed by atoms with Crippen LogP contribution >= 0.6 is 0 Å². The van der Waals surface area contributed by atoms with E-state index in [2.05, 4.69) is 10.5 Å². The van der Waals surface area contributed by atoms with Gasteiger partial charge in [-0.3, -0.25) is 10.2 Å². The lowest BCUT2D eigenvalue weighted by Gasteiger charge is -2.14. The number of carbonyl (C=O) groups excluding carboxylic acids is 1. The van der Waals surface area contributed by atoms with Gasteiger partial charge in [0.1, 0.15) is 0 Å². The van der Waals surface area contributed by atoms with E-state index in [4.69, 9.17) is 5.73 Å². The van der Waals surface area contributed by atoms with Crippen LogP contribution < -0.4 is 11.2 Å². The Kier molecular flexibility index (Phi) is 1.97. The topological polar surface area (TPSA) is 102 Å². The first-order chi connectivity index (χ1) is 7.03. The van der Waals surface area contributed by atoms with Crippen molar-refractivity contribution in [1.29, 1.82) is 0 Å². The fourth-order valence-electron chi connectivity index (χ4n) is 1.26. The van der Waals surface area contributed by atoms with E-state index >= 15 is 0 Å². The van der Waals surface area contributed by atoms with Crippen molar-refractivity contribution in [2.75, 3.05) is 5.43 Å². The highest BCUT2D eigenvalue weighted by Gasteiger charge is 2.32. The molecule has 7 heteroatoms. The Balaban J connectivity index is 2.68. The van der Waals surface area contributed by atoms with Gasteiger partial charge >= 0.3 is 0 Å². The largest absolute Gasteiger partial charge is 0.364 e. The zero-order valence-corrected chi connectivity index (χ0v) is 8.28. The molecule has 0 unspecified atom stereocenters. The molecule has 0 spiro atoms. The Morgan fingerprint density at radius 1 is 1.33 bits per heavy atom. The third-order valence-corrected chi connectivity index (χ3v) is 3.66. The molecule has 0 atom stereocenters. The van der Waals surface area contributed by atoms with E-state index in [1.54, 1.807) is 18.2 Å². The van der Waals surface area contributed by atoms with E-state index in [1.165, 1.54) is 6.07 Å². The first-order valence-electron chi connectivity index (χ1n) is 4.01. The molecule has 3 N–H and O–H groups in total. The molecule has 1 heterocycles. The summed E-state index contributed by atoms with van der Waals surface area (Å²) in [5.41, 5.74) is 7.70. The van der Waals surface area contributed by atoms with E-state index < -0.39 is 20.8 Å². The van der Waals surface area contributed by atoms with Crippen LogP contribution in [-0.4, -0.2) is 19.4 Å². The van der Waals surface area contributed by atoms with Crippen molar-refractivity contribution >= 4 is 26.5 Å². The fraction of sp³-hybridized carbons (Fsp3) is 0. The minimum absolute atomic E-state index is 0.00815. The van der Waals surface area contributed by atoms with Crippen LogP contribution in [0, 0.1) is 0 Å². The molecule has 0 radical (unpaired) electrons. The second-order valence-electron chi connectivity index (χ2n) is 2.89. The summed E-state index contributed by atoms with van der Waals surface area (Å²) in [5, 5.41) is 2.76. The average molecular weight is 225 g/mol. The van der Waals surface area contributed by atoms with E-state index in [9.17, 15) is 13.2 Å². The van der Waals surface area contributed by atoms with Gasteiger partial charge < -0.3 is 5.73 Å². The number of nitrogens with two attached hydrogens (primary N) is 1. The lowest BCUT2D eigenvalue weighted by Crippen LogP contribution is -2.34. The minimum atomic E-state index is -3.87. The average Bonchev–Trinajstić information content (AvgIpc) is 2.17. The van der Waals surface area contributed by atoms with E-state index in [1.807, 2.05) is 0 Å². The molecule has 1 aliphatic heterocycles. The molecule has 0 bridgehead atoms. The number of hydrazone groups is 1. The molecule has 0 fully saturated rings. The number of benzene rings is 1. The van der Waals surface area contributed by atoms with Crippen molar-refractivity contribution < 1.29 is 13.2 Å². The van der Waals surface area contributed by atoms with E-state index in [-0.39, 0.29) is 4.90 Å². The molecule has 6 nitrogen and oxygen atoms in total. The van der Waals surface area contributed by atoms with Gasteiger partial charge in [0.15, 0.2) is 0 Å². The Hall–Kier alpha value is -1.89. The summed E-state index contributed by atoms with van der Waals surface area (Å²) in [4.78, 5) is 10.9. The highest BCUT2D eigenvalue weighted by Crippen LogP contribution is 2.26. The number of nitrogens with zero attached hydrogens (tertiary/aromatic N) is 1. The Bertz CT molecular complexity index is 562. The number of sulfone groups is 1. The van der Waals surface area contributed by atoms with Crippen molar-refractivity contribution in [2.24, 2.45) is 10.8 Å². The predicted octanol–water partition coefficient (Wildman–Crippen LogP) is -0.315. The molecule has 1 aliphatic rings. The van der Waals surface area contributed by atoms with Gasteiger partial charge in [-0.2, -0.15) is 5.10 Å². The zero-order chi connectivity index (χ0) is 11.1. The number of primary amides is 1. The third-order valence-electron chi connectivity index (χ3n) is 1.92. The Morgan fingerprint density at radius 2 is 2.00 bits per heavy atom. The smallest absolute Gasteiger partial charge is 0.281 e. The Morgan fingerprint density at radius 3 is 2.67 bits per heavy atom. The van der Waals surface area contributed by atoms with Gasteiger partial charge in [-0.1, -0.05) is 12.1 Å². The SMILES string of the molecule is NC(=O)C1=NNc2ccccc2S1(=O)=O. The highest BCUT2D eigenvalue weighted by atomic mass is 32.2. The lowest BCUT2D eigenvalue weighted by atomic mass is 10.3. The number of hydrogen-bond acceptors (Lipinski definition) is 5. The molecular formula is C8H7N3O3S. The summed E-state index contributed by atoms with van der Waals surface area (Å²) in [5.74, 6) is -1.07. The van der Waals surface area contributed by atoms with Crippen LogP contribution in [0.25, 0.3) is 0 Å². The molecule has 1 aromatic rings. The monoisotopic (exact) mass is 225 g/mol. The van der Waals surface area contributed by atoms with Gasteiger partial charge in [0.2, 0.25) is 14.9 Å². The van der Waals surface area contributed by atoms with Crippen molar-refractivity contribution in [3.05, 3.63) is 24.3 Å². The van der Waals surface area contributed by atoms with E-state index in [0.29, 0.717) is 5.69 Å². The molecule has 15 heavy (non-hydrogen) atoms. The number of nitrogens with one attached hydrogen (secondary N) is 1. The minimum Gasteiger partial charge on any atom is -0.364 e. The molecule has 1 amide bonds. The number of amides is 1. The number of fused-ring (bicyclic) bond motifs is 1. The highest BCUT2D eigenvalue weighted by molar-refractivity contribution is 8.08. The van der Waals surface area contributed by atoms with Crippen LogP contribution in [0.1, 0.15) is 0 Å². The summed E-state index contributed by atoms with van der Waals surface area (Å²) < 4.78 is 23.5. The second-order valence-corrected chi connectivity index (χ2v) is 4.73. The fourth-order valence-corrected chi connectivity index (χ4v) is 2.56. The summed E-state index contributed by atoms with van der Waals surface area (Å²) in [6.45, 7) is 0. The molecule has 0 aliphatic carbocycles. The molecule has 0 saturated heterocycles. The summed E-state index contributed by atoms with van der Waals surface area (Å²) in [6, 6.07) is 6.15. The van der Waals surface area contributed by atoms with Gasteiger partial charge in [0, 0.05) is 0 Å². The molecule has 0 saturated carbocycles. The lowest BCUT2D eigenvalue weighted by molar-refractivity contribution is -0.111. The number of anilines is 1. The van der Waals surface area contributed by atoms with Crippen LogP contribution in [0.4, 0.5) is 5.69 Å². The van der Waals surface area contributed by atoms with Crippen molar-refractivity contribution in [1.82, 2.24) is 0 Å². The van der Waals surface area contributed by atoms with Crippen LogP contribution in [0.3, 0.4) is 0 Å². The number of carbonyl (C=O) groups is 1. The number of hydrogen-bond donors (Lipinski definition) is 2. The van der Waals surface area contributed by atoms with Crippen molar-refractivity contribution in [3.8, 4) is 0 Å². The second kappa shape index (κ2) is 3.06. The maximum absolute atomic E-state index is 11.8. The van der Waals surface area contributed by atoms with Crippen molar-refractivity contribution in [3.63, 3.8) is 0 Å². The Labute approximate surface area is 85.7 Å². The molecule has 1 aromatic carbocycles. The van der Waals surface area contributed by atoms with Gasteiger partial charge in [0.25, 0.3) is 5.91 Å². The first-order valence-corrected chi connectivity index (χ1v) is 5.49. The first kappa shape index (κ1) is 9.66. The maximum atomic E-state index is 11.8. The summed E-state index contributed by atoms with van der Waals surface area (Å²) >= 11 is 0. The van der Waals surface area contributed by atoms with Gasteiger partial charge in [-0.15, -0.1) is 0 Å². The number of rotatable bonds is 1. The van der Waals surface area contributed by atoms with Gasteiger partial charge in [-0.25, -0.2) is 8.42 Å². The molecule has 78 valence electrons. The summed E-state index contributed by atoms with van der Waals surface area (Å²) in [6.07, 6.45) is 0. The van der Waals surface area contributed by atoms with Crippen LogP contribution in [0.5, 0.6) is 0 Å². The zero-order valence-electron chi connectivity index (χ0n) is 7.47. The molecule has 0 aromatic heterocycles. The van der Waals surface area contributed by atoms with Gasteiger partial charge in [-0.05, 0) is 12.1 Å². The van der Waals surface area contributed by atoms with Crippen LogP contribution in [-0.2, 0) is 14.6 Å². The molecular weight excluding hydrogens is 218 g/mol. The maximum Gasteiger partial charge on any atom is 0.281 e. The standard InChI is InChI=1S/C8H7N3O3S/c9-7(12)8-11-10-5-3-1-2-4-6(5)15(8,13)14/h1-4,10H,(H2,9,12). The predicted molar refractivity (Wildman–Crippen MR) is 53.9 cm³/mol. The normalized spacial score (nSPS) is 17.2. The van der Waals surface area contributed by atoms with Gasteiger partial charge in [0.05, 0.1) is 10.6 Å². The van der Waals surface area contributed by atoms with E-state index in [0.717, 1.165) is 0 Å². The van der Waals surface area contributed by atoms with Crippen molar-refractivity contribution in [2.45, 2.75) is 4.90 Å². The van der Waals surface area contributed by atoms with Crippen LogP contribution in [0.15, 0.2) is 34.3 Å². The quantitative estimate of drug-likeness (QED) is 0.684. The van der Waals surface area contributed by atoms with Crippen LogP contribution in [0.2, 0.25) is 0 Å². The molecule has 2 rings (SSSR count).